The highest BCUT2D eigenvalue weighted by molar-refractivity contribution is 6.20. The van der Waals surface area contributed by atoms with E-state index in [-0.39, 0.29) is 11.2 Å². The lowest BCUT2D eigenvalue weighted by molar-refractivity contribution is 0.640. The van der Waals surface area contributed by atoms with Crippen LogP contribution in [-0.2, 0) is 0 Å². The largest absolute Gasteiger partial charge is 0.236 e. The lowest BCUT2D eigenvalue weighted by Gasteiger charge is -2.10. The van der Waals surface area contributed by atoms with Crippen LogP contribution in [0, 0.1) is 12.7 Å². The fourth-order valence-electron chi connectivity index (χ4n) is 2.45. The first-order valence-corrected chi connectivity index (χ1v) is 7.17. The number of alkyl halides is 1. The summed E-state index contributed by atoms with van der Waals surface area (Å²) in [6.45, 7) is 3.80. The molecule has 1 heterocycles. The van der Waals surface area contributed by atoms with Crippen molar-refractivity contribution >= 4 is 22.4 Å². The van der Waals surface area contributed by atoms with Crippen LogP contribution in [0.4, 0.5) is 4.39 Å². The van der Waals surface area contributed by atoms with Crippen LogP contribution in [0.5, 0.6) is 0 Å². The van der Waals surface area contributed by atoms with E-state index in [0.29, 0.717) is 11.2 Å². The van der Waals surface area contributed by atoms with Gasteiger partial charge in [-0.05, 0) is 31.4 Å². The van der Waals surface area contributed by atoms with Gasteiger partial charge in [0.2, 0.25) is 0 Å². The van der Waals surface area contributed by atoms with Crippen LogP contribution >= 0.6 is 11.6 Å². The third kappa shape index (κ3) is 2.49. The SMILES string of the molecule is Cc1nc(-c2ccc(F)c3ccccc23)ncc1C(C)Cl. The maximum atomic E-state index is 13.9. The summed E-state index contributed by atoms with van der Waals surface area (Å²) in [4.78, 5) is 8.92. The molecule has 1 atom stereocenters. The standard InChI is InChI=1S/C17H14ClFN2/c1-10(18)15-9-20-17(21-11(15)2)14-7-8-16(19)13-6-4-3-5-12(13)14/h3-10H,1-2H3. The average molecular weight is 301 g/mol. The van der Waals surface area contributed by atoms with E-state index in [2.05, 4.69) is 9.97 Å². The van der Waals surface area contributed by atoms with Crippen molar-refractivity contribution in [3.8, 4) is 11.4 Å². The second kappa shape index (κ2) is 5.41. The Labute approximate surface area is 127 Å². The summed E-state index contributed by atoms with van der Waals surface area (Å²) in [7, 11) is 0. The van der Waals surface area contributed by atoms with Gasteiger partial charge < -0.3 is 0 Å². The van der Waals surface area contributed by atoms with E-state index < -0.39 is 0 Å². The number of nitrogens with zero attached hydrogens (tertiary/aromatic N) is 2. The topological polar surface area (TPSA) is 25.8 Å². The van der Waals surface area contributed by atoms with Crippen LogP contribution in [0.15, 0.2) is 42.6 Å². The van der Waals surface area contributed by atoms with Gasteiger partial charge in [0.15, 0.2) is 5.82 Å². The molecule has 0 aliphatic heterocycles. The van der Waals surface area contributed by atoms with Crippen LogP contribution in [0.2, 0.25) is 0 Å². The van der Waals surface area contributed by atoms with Gasteiger partial charge in [-0.15, -0.1) is 11.6 Å². The van der Waals surface area contributed by atoms with Gasteiger partial charge in [-0.25, -0.2) is 14.4 Å². The summed E-state index contributed by atoms with van der Waals surface area (Å²) in [5.41, 5.74) is 2.58. The Morgan fingerprint density at radius 2 is 1.81 bits per heavy atom. The minimum absolute atomic E-state index is 0.135. The Balaban J connectivity index is 2.22. The van der Waals surface area contributed by atoms with E-state index in [1.807, 2.05) is 32.0 Å². The third-order valence-corrected chi connectivity index (χ3v) is 3.79. The number of rotatable bonds is 2. The quantitative estimate of drug-likeness (QED) is 0.619. The normalized spacial score (nSPS) is 12.6. The molecule has 2 aromatic carbocycles. The number of halogens is 2. The van der Waals surface area contributed by atoms with E-state index in [1.54, 1.807) is 18.3 Å². The van der Waals surface area contributed by atoms with E-state index in [1.165, 1.54) is 6.07 Å². The first-order valence-electron chi connectivity index (χ1n) is 6.73. The summed E-state index contributed by atoms with van der Waals surface area (Å²) in [5.74, 6) is 0.349. The fraction of sp³-hybridized carbons (Fsp3) is 0.176. The Morgan fingerprint density at radius 3 is 2.48 bits per heavy atom. The van der Waals surface area contributed by atoms with Crippen molar-refractivity contribution in [2.24, 2.45) is 0 Å². The molecular formula is C17H14ClFN2. The van der Waals surface area contributed by atoms with Gasteiger partial charge in [0.1, 0.15) is 5.82 Å². The van der Waals surface area contributed by atoms with Crippen molar-refractivity contribution < 1.29 is 4.39 Å². The molecule has 2 nitrogen and oxygen atoms in total. The molecule has 0 aliphatic carbocycles. The zero-order valence-electron chi connectivity index (χ0n) is 11.8. The molecule has 3 aromatic rings. The van der Waals surface area contributed by atoms with Crippen molar-refractivity contribution in [3.05, 3.63) is 59.7 Å². The van der Waals surface area contributed by atoms with Crippen molar-refractivity contribution in [1.29, 1.82) is 0 Å². The summed E-state index contributed by atoms with van der Waals surface area (Å²) in [6, 6.07) is 10.5. The molecule has 21 heavy (non-hydrogen) atoms. The molecule has 0 aliphatic rings. The average Bonchev–Trinajstić information content (AvgIpc) is 2.47. The predicted molar refractivity (Wildman–Crippen MR) is 83.9 cm³/mol. The minimum atomic E-state index is -0.239. The van der Waals surface area contributed by atoms with E-state index in [4.69, 9.17) is 11.6 Å². The number of aromatic nitrogens is 2. The maximum Gasteiger partial charge on any atom is 0.160 e. The lowest BCUT2D eigenvalue weighted by atomic mass is 10.0. The monoisotopic (exact) mass is 300 g/mol. The summed E-state index contributed by atoms with van der Waals surface area (Å²) < 4.78 is 13.9. The van der Waals surface area contributed by atoms with E-state index >= 15 is 0 Å². The minimum Gasteiger partial charge on any atom is -0.236 e. The summed E-state index contributed by atoms with van der Waals surface area (Å²) in [6.07, 6.45) is 1.74. The first kappa shape index (κ1) is 14.0. The van der Waals surface area contributed by atoms with Gasteiger partial charge in [-0.3, -0.25) is 0 Å². The Bertz CT molecular complexity index is 815. The Morgan fingerprint density at radius 1 is 1.10 bits per heavy atom. The molecule has 0 saturated heterocycles. The highest BCUT2D eigenvalue weighted by atomic mass is 35.5. The Hall–Kier alpha value is -2.00. The number of hydrogen-bond acceptors (Lipinski definition) is 2. The first-order chi connectivity index (χ1) is 10.1. The molecule has 1 unspecified atom stereocenters. The molecule has 0 fully saturated rings. The van der Waals surface area contributed by atoms with Gasteiger partial charge >= 0.3 is 0 Å². The highest BCUT2D eigenvalue weighted by Crippen LogP contribution is 2.29. The van der Waals surface area contributed by atoms with Crippen molar-refractivity contribution in [1.82, 2.24) is 9.97 Å². The second-order valence-electron chi connectivity index (χ2n) is 4.99. The molecule has 0 bridgehead atoms. The van der Waals surface area contributed by atoms with Crippen LogP contribution in [0.3, 0.4) is 0 Å². The summed E-state index contributed by atoms with van der Waals surface area (Å²) >= 11 is 6.09. The van der Waals surface area contributed by atoms with Crippen LogP contribution in [-0.4, -0.2) is 9.97 Å². The molecule has 1 aromatic heterocycles. The van der Waals surface area contributed by atoms with Gasteiger partial charge in [0, 0.05) is 28.4 Å². The molecule has 0 N–H and O–H groups in total. The number of fused-ring (bicyclic) bond motifs is 1. The van der Waals surface area contributed by atoms with Gasteiger partial charge in [0.05, 0.1) is 5.38 Å². The Kier molecular flexibility index (Phi) is 3.60. The van der Waals surface area contributed by atoms with Crippen LogP contribution in [0.1, 0.15) is 23.6 Å². The lowest BCUT2D eigenvalue weighted by Crippen LogP contribution is -1.99. The fourth-order valence-corrected chi connectivity index (χ4v) is 2.67. The van der Waals surface area contributed by atoms with Gasteiger partial charge in [-0.2, -0.15) is 0 Å². The molecule has 0 amide bonds. The molecule has 0 saturated carbocycles. The highest BCUT2D eigenvalue weighted by Gasteiger charge is 2.12. The molecule has 0 spiro atoms. The second-order valence-corrected chi connectivity index (χ2v) is 5.65. The van der Waals surface area contributed by atoms with E-state index in [9.17, 15) is 4.39 Å². The number of aryl methyl sites for hydroxylation is 1. The van der Waals surface area contributed by atoms with Crippen LogP contribution < -0.4 is 0 Å². The van der Waals surface area contributed by atoms with Crippen molar-refractivity contribution in [3.63, 3.8) is 0 Å². The third-order valence-electron chi connectivity index (χ3n) is 3.56. The van der Waals surface area contributed by atoms with Crippen molar-refractivity contribution in [2.45, 2.75) is 19.2 Å². The summed E-state index contributed by atoms with van der Waals surface area (Å²) in [5, 5.41) is 1.25. The molecule has 3 rings (SSSR count). The zero-order chi connectivity index (χ0) is 15.0. The van der Waals surface area contributed by atoms with Crippen molar-refractivity contribution in [2.75, 3.05) is 0 Å². The molecular weight excluding hydrogens is 287 g/mol. The maximum absolute atomic E-state index is 13.9. The smallest absolute Gasteiger partial charge is 0.160 e. The predicted octanol–water partition coefficient (Wildman–Crippen LogP) is 5.04. The molecule has 4 heteroatoms. The number of benzene rings is 2. The zero-order valence-corrected chi connectivity index (χ0v) is 12.5. The van der Waals surface area contributed by atoms with Gasteiger partial charge in [0.25, 0.3) is 0 Å². The molecule has 106 valence electrons. The molecule has 0 radical (unpaired) electrons. The number of hydrogen-bond donors (Lipinski definition) is 0. The van der Waals surface area contributed by atoms with E-state index in [0.717, 1.165) is 22.2 Å². The van der Waals surface area contributed by atoms with Gasteiger partial charge in [-0.1, -0.05) is 24.3 Å². The van der Waals surface area contributed by atoms with Crippen LogP contribution in [0.25, 0.3) is 22.2 Å².